The van der Waals surface area contributed by atoms with Gasteiger partial charge in [0.25, 0.3) is 5.91 Å². The Kier molecular flexibility index (Phi) is 13.1. The molecular weight excluding hydrogens is 817 g/mol. The zero-order valence-corrected chi connectivity index (χ0v) is 37.4. The number of benzene rings is 1. The van der Waals surface area contributed by atoms with E-state index in [2.05, 4.69) is 21.9 Å². The van der Waals surface area contributed by atoms with Crippen LogP contribution in [0.5, 0.6) is 11.5 Å². The van der Waals surface area contributed by atoms with Crippen LogP contribution in [0.25, 0.3) is 10.9 Å². The Morgan fingerprint density at radius 3 is 2.50 bits per heavy atom. The van der Waals surface area contributed by atoms with Crippen LogP contribution in [0.4, 0.5) is 10.6 Å². The molecule has 4 bridgehead atoms. The number of pyridine rings is 1. The number of hydrogen-bond acceptors (Lipinski definition) is 11. The molecule has 1 aromatic carbocycles. The van der Waals surface area contributed by atoms with Crippen LogP contribution < -0.4 is 29.7 Å². The molecule has 1 aromatic heterocycles. The number of amides is 5. The second kappa shape index (κ2) is 18.0. The number of cyclic esters (lactones) is 1. The van der Waals surface area contributed by atoms with Gasteiger partial charge in [-0.25, -0.2) is 18.2 Å². The molecule has 62 heavy (non-hydrogen) atoms. The number of carbonyl (C=O) groups excluding carboxylic acids is 5. The van der Waals surface area contributed by atoms with E-state index >= 15 is 4.79 Å². The Labute approximate surface area is 364 Å². The molecule has 2 aromatic rings. The summed E-state index contributed by atoms with van der Waals surface area (Å²) >= 11 is 0. The van der Waals surface area contributed by atoms with Crippen molar-refractivity contribution in [3.63, 3.8) is 0 Å². The number of hydrogen-bond donors (Lipinski definition) is 3. The van der Waals surface area contributed by atoms with E-state index < -0.39 is 74.1 Å². The quantitative estimate of drug-likeness (QED) is 0.255. The minimum Gasteiger partial charge on any atom is -0.496 e. The fourth-order valence-corrected chi connectivity index (χ4v) is 10.6. The average Bonchev–Trinajstić information content (AvgIpc) is 4.18. The second-order valence-corrected chi connectivity index (χ2v) is 20.6. The Morgan fingerprint density at radius 2 is 1.84 bits per heavy atom. The lowest BCUT2D eigenvalue weighted by Gasteiger charge is -2.35. The van der Waals surface area contributed by atoms with Crippen molar-refractivity contribution < 1.29 is 46.6 Å². The third-order valence-electron chi connectivity index (χ3n) is 13.3. The van der Waals surface area contributed by atoms with Crippen molar-refractivity contribution in [2.24, 2.45) is 17.3 Å². The highest BCUT2D eigenvalue weighted by atomic mass is 32.2. The van der Waals surface area contributed by atoms with Gasteiger partial charge in [-0.1, -0.05) is 46.1 Å². The summed E-state index contributed by atoms with van der Waals surface area (Å²) in [6.07, 6.45) is 8.20. The normalized spacial score (nSPS) is 26.9. The number of alkyl carbamates (subject to hydrolysis) is 1. The van der Waals surface area contributed by atoms with E-state index in [0.29, 0.717) is 79.6 Å². The van der Waals surface area contributed by atoms with Crippen molar-refractivity contribution in [1.82, 2.24) is 25.2 Å². The minimum atomic E-state index is -3.93. The summed E-state index contributed by atoms with van der Waals surface area (Å²) in [4.78, 5) is 78.0. The van der Waals surface area contributed by atoms with Crippen molar-refractivity contribution >= 4 is 56.5 Å². The van der Waals surface area contributed by atoms with Gasteiger partial charge < -0.3 is 29.7 Å². The molecule has 3 N–H and O–H groups in total. The summed E-state index contributed by atoms with van der Waals surface area (Å²) < 4.78 is 46.4. The largest absolute Gasteiger partial charge is 0.496 e. The highest BCUT2D eigenvalue weighted by Gasteiger charge is 2.62. The van der Waals surface area contributed by atoms with Gasteiger partial charge in [0.1, 0.15) is 41.0 Å². The van der Waals surface area contributed by atoms with Gasteiger partial charge >= 0.3 is 6.09 Å². The monoisotopic (exact) mass is 878 g/mol. The number of nitrogens with one attached hydrogen (secondary N) is 3. The van der Waals surface area contributed by atoms with Crippen LogP contribution in [0.1, 0.15) is 110 Å². The summed E-state index contributed by atoms with van der Waals surface area (Å²) in [5, 5.41) is 5.75. The summed E-state index contributed by atoms with van der Waals surface area (Å²) in [5.74, 6) is -1.53. The molecule has 5 atom stereocenters. The third kappa shape index (κ3) is 9.66. The second-order valence-electron chi connectivity index (χ2n) is 18.6. The molecule has 3 aliphatic carbocycles. The molecule has 3 saturated carbocycles. The fraction of sp³-hybridized carbons (Fsp3) is 0.644. The minimum absolute atomic E-state index is 0.00279. The van der Waals surface area contributed by atoms with Gasteiger partial charge in [-0.15, -0.1) is 6.58 Å². The smallest absolute Gasteiger partial charge is 0.407 e. The number of carbonyl (C=O) groups is 5. The van der Waals surface area contributed by atoms with Gasteiger partial charge in [0, 0.05) is 43.3 Å². The van der Waals surface area contributed by atoms with E-state index in [1.165, 1.54) is 15.9 Å². The van der Waals surface area contributed by atoms with E-state index in [-0.39, 0.29) is 37.8 Å². The number of nitrogens with zero attached hydrogens (tertiary/aromatic N) is 3. The number of rotatable bonds is 11. The van der Waals surface area contributed by atoms with E-state index in [0.717, 1.165) is 31.2 Å². The van der Waals surface area contributed by atoms with Crippen molar-refractivity contribution in [2.75, 3.05) is 32.2 Å². The lowest BCUT2D eigenvalue weighted by molar-refractivity contribution is -0.142. The summed E-state index contributed by atoms with van der Waals surface area (Å²) in [7, 11) is -0.689. The number of methoxy groups -OCH3 is 1. The number of ether oxygens (including phenoxy) is 3. The van der Waals surface area contributed by atoms with Crippen molar-refractivity contribution in [3.8, 4) is 11.5 Å². The van der Waals surface area contributed by atoms with Crippen LogP contribution in [0.15, 0.2) is 30.9 Å². The van der Waals surface area contributed by atoms with Gasteiger partial charge in [-0.3, -0.25) is 28.8 Å². The van der Waals surface area contributed by atoms with E-state index in [1.807, 2.05) is 32.9 Å². The maximum absolute atomic E-state index is 15.0. The number of aryl methyl sites for hydroxylation is 1. The Balaban J connectivity index is 1.29. The highest BCUT2D eigenvalue weighted by molar-refractivity contribution is 7.91. The summed E-state index contributed by atoms with van der Waals surface area (Å²) in [5.41, 5.74) is -0.569. The van der Waals surface area contributed by atoms with E-state index in [4.69, 9.17) is 19.2 Å². The first-order valence-electron chi connectivity index (χ1n) is 22.2. The molecule has 0 spiro atoms. The predicted molar refractivity (Wildman–Crippen MR) is 232 cm³/mol. The molecule has 2 unspecified atom stereocenters. The van der Waals surface area contributed by atoms with Gasteiger partial charge in [0.2, 0.25) is 27.7 Å². The first-order chi connectivity index (χ1) is 29.5. The summed E-state index contributed by atoms with van der Waals surface area (Å²) in [6, 6.07) is 3.31. The molecular formula is C45H62N6O10S. The molecule has 5 amide bonds. The zero-order valence-electron chi connectivity index (χ0n) is 36.6. The molecule has 338 valence electrons. The summed E-state index contributed by atoms with van der Waals surface area (Å²) in [6.45, 7) is 9.83. The van der Waals surface area contributed by atoms with Crippen LogP contribution in [0.3, 0.4) is 0 Å². The van der Waals surface area contributed by atoms with Crippen molar-refractivity contribution in [2.45, 2.75) is 140 Å². The van der Waals surface area contributed by atoms with Gasteiger partial charge in [0.15, 0.2) is 0 Å². The fourth-order valence-electron chi connectivity index (χ4n) is 9.28. The SMILES string of the molecule is C=CC1CC1(NC(=O)[C@@H]1C[C@@H]2CN1C(=O)[C@H](C1CCCCC1)NC(=O)OCC(C)(C)CCCc1cc3c(cc(N(C)C(=O)CCC)nc3cc1OC)O2)C(=O)NS(=O)(=O)C1CC1. The molecule has 1 saturated heterocycles. The van der Waals surface area contributed by atoms with E-state index in [1.54, 1.807) is 20.2 Å². The number of fused-ring (bicyclic) bond motifs is 3. The highest BCUT2D eigenvalue weighted by Crippen LogP contribution is 2.46. The lowest BCUT2D eigenvalue weighted by Crippen LogP contribution is -2.59. The van der Waals surface area contributed by atoms with Crippen LogP contribution >= 0.6 is 0 Å². The molecule has 0 radical (unpaired) electrons. The molecule has 17 heteroatoms. The molecule has 2 aliphatic heterocycles. The van der Waals surface area contributed by atoms with Crippen molar-refractivity contribution in [1.29, 1.82) is 0 Å². The van der Waals surface area contributed by atoms with Gasteiger partial charge in [0.05, 0.1) is 31.0 Å². The molecule has 5 aliphatic rings. The average molecular weight is 879 g/mol. The number of sulfonamides is 1. The number of aromatic nitrogens is 1. The molecule has 7 rings (SSSR count). The van der Waals surface area contributed by atoms with Crippen molar-refractivity contribution in [3.05, 3.63) is 36.4 Å². The maximum atomic E-state index is 15.0. The molecule has 4 fully saturated rings. The van der Waals surface area contributed by atoms with Gasteiger partial charge in [-0.05, 0) is 80.8 Å². The van der Waals surface area contributed by atoms with E-state index in [9.17, 15) is 27.6 Å². The maximum Gasteiger partial charge on any atom is 0.407 e. The van der Waals surface area contributed by atoms with Crippen LogP contribution in [-0.4, -0.2) is 104 Å². The molecule has 3 heterocycles. The number of anilines is 1. The van der Waals surface area contributed by atoms with Crippen LogP contribution in [-0.2, 0) is 40.4 Å². The first kappa shape index (κ1) is 45.1. The Bertz CT molecular complexity index is 2200. The zero-order chi connectivity index (χ0) is 44.6. The Hall–Kier alpha value is -4.93. The van der Waals surface area contributed by atoms with Gasteiger partial charge in [-0.2, -0.15) is 0 Å². The lowest BCUT2D eigenvalue weighted by atomic mass is 9.83. The van der Waals surface area contributed by atoms with Crippen LogP contribution in [0.2, 0.25) is 0 Å². The standard InChI is InChI=1S/C45H62N6O10S/c1-7-13-38(52)50(5)37-23-36-32-20-28(35(59-6)22-33(32)46-37)16-12-19-44(3,4)26-60-43(56)47-39(27-14-10-9-11-15-27)41(54)51-25-30(61-36)21-34(51)40(53)48-45(24-29(45)8-2)42(55)49-62(57,58)31-17-18-31/h8,20,22-23,27,29-31,34,39H,2,7,9-19,21,24-26H2,1,3-6H3,(H,47,56)(H,48,53)(H,49,55)/t29?,30-,34+,39+,45?/m1/s1. The Morgan fingerprint density at radius 1 is 1.10 bits per heavy atom. The molecule has 16 nitrogen and oxygen atoms in total. The van der Waals surface area contributed by atoms with Crippen LogP contribution in [0, 0.1) is 17.3 Å². The third-order valence-corrected chi connectivity index (χ3v) is 15.1. The topological polar surface area (TPSA) is 203 Å². The predicted octanol–water partition coefficient (Wildman–Crippen LogP) is 5.06. The first-order valence-corrected chi connectivity index (χ1v) is 23.7.